The van der Waals surface area contributed by atoms with Crippen molar-refractivity contribution in [3.63, 3.8) is 0 Å². The maximum atomic E-state index is 12.2. The minimum atomic E-state index is -0.134. The number of carbonyl (C=O) groups excluding carboxylic acids is 1. The van der Waals surface area contributed by atoms with Gasteiger partial charge in [0.05, 0.1) is 25.9 Å². The zero-order valence-electron chi connectivity index (χ0n) is 12.4. The van der Waals surface area contributed by atoms with E-state index in [0.717, 1.165) is 5.56 Å². The number of ether oxygens (including phenoxy) is 2. The van der Waals surface area contributed by atoms with Gasteiger partial charge < -0.3 is 9.47 Å². The molecule has 22 heavy (non-hydrogen) atoms. The van der Waals surface area contributed by atoms with Crippen molar-refractivity contribution >= 4 is 11.9 Å². The Morgan fingerprint density at radius 3 is 2.32 bits per heavy atom. The summed E-state index contributed by atoms with van der Waals surface area (Å²) in [5, 5.41) is 8.74. The fourth-order valence-electron chi connectivity index (χ4n) is 1.93. The quantitative estimate of drug-likeness (QED) is 0.625. The summed E-state index contributed by atoms with van der Waals surface area (Å²) in [7, 11) is 3.07. The van der Waals surface area contributed by atoms with Gasteiger partial charge in [-0.05, 0) is 42.0 Å². The predicted octanol–water partition coefficient (Wildman–Crippen LogP) is 3.47. The normalized spacial score (nSPS) is 10.2. The van der Waals surface area contributed by atoms with Crippen molar-refractivity contribution in [2.45, 2.75) is 0 Å². The second kappa shape index (κ2) is 7.09. The number of ketones is 1. The maximum Gasteiger partial charge on any atom is 0.185 e. The number of rotatable bonds is 5. The Balaban J connectivity index is 2.17. The third-order valence-corrected chi connectivity index (χ3v) is 3.13. The van der Waals surface area contributed by atoms with E-state index in [1.165, 1.54) is 13.2 Å². The summed E-state index contributed by atoms with van der Waals surface area (Å²) in [5.74, 6) is 0.959. The zero-order valence-corrected chi connectivity index (χ0v) is 12.4. The number of methoxy groups -OCH3 is 2. The predicted molar refractivity (Wildman–Crippen MR) is 84.1 cm³/mol. The summed E-state index contributed by atoms with van der Waals surface area (Å²) in [6.07, 6.45) is 3.20. The minimum absolute atomic E-state index is 0.134. The van der Waals surface area contributed by atoms with Crippen LogP contribution < -0.4 is 9.47 Å². The fourth-order valence-corrected chi connectivity index (χ4v) is 1.93. The molecular formula is C18H15NO3. The Morgan fingerprint density at radius 2 is 1.73 bits per heavy atom. The molecule has 0 saturated carbocycles. The van der Waals surface area contributed by atoms with Crippen molar-refractivity contribution in [2.24, 2.45) is 0 Å². The smallest absolute Gasteiger partial charge is 0.185 e. The third-order valence-electron chi connectivity index (χ3n) is 3.13. The van der Waals surface area contributed by atoms with Gasteiger partial charge in [0.25, 0.3) is 0 Å². The first-order valence-electron chi connectivity index (χ1n) is 6.62. The van der Waals surface area contributed by atoms with Crippen molar-refractivity contribution in [1.82, 2.24) is 0 Å². The third kappa shape index (κ3) is 3.53. The number of hydrogen-bond acceptors (Lipinski definition) is 4. The van der Waals surface area contributed by atoms with Crippen LogP contribution in [0.15, 0.2) is 48.5 Å². The molecule has 0 aliphatic heterocycles. The summed E-state index contributed by atoms with van der Waals surface area (Å²) in [4.78, 5) is 12.2. The van der Waals surface area contributed by atoms with Crippen molar-refractivity contribution in [1.29, 1.82) is 5.26 Å². The molecule has 110 valence electrons. The number of nitriles is 1. The summed E-state index contributed by atoms with van der Waals surface area (Å²) in [5.41, 5.74) is 1.96. The van der Waals surface area contributed by atoms with Crippen LogP contribution in [0.1, 0.15) is 21.5 Å². The molecule has 0 fully saturated rings. The van der Waals surface area contributed by atoms with E-state index in [1.807, 2.05) is 0 Å². The van der Waals surface area contributed by atoms with E-state index < -0.39 is 0 Å². The molecule has 0 aliphatic carbocycles. The van der Waals surface area contributed by atoms with Crippen LogP contribution in [-0.2, 0) is 0 Å². The molecule has 0 aliphatic rings. The van der Waals surface area contributed by atoms with E-state index in [2.05, 4.69) is 6.07 Å². The lowest BCUT2D eigenvalue weighted by atomic mass is 10.1. The monoisotopic (exact) mass is 293 g/mol. The SMILES string of the molecule is COc1ccc(C(=O)/C=C/c2ccc(C#N)cc2)cc1OC. The van der Waals surface area contributed by atoms with Crippen LogP contribution in [0.3, 0.4) is 0 Å². The maximum absolute atomic E-state index is 12.2. The number of hydrogen-bond donors (Lipinski definition) is 0. The molecule has 0 radical (unpaired) electrons. The topological polar surface area (TPSA) is 59.3 Å². The molecule has 4 heteroatoms. The molecule has 2 aromatic rings. The molecule has 2 aromatic carbocycles. The van der Waals surface area contributed by atoms with Gasteiger partial charge in [-0.25, -0.2) is 0 Å². The molecule has 4 nitrogen and oxygen atoms in total. The van der Waals surface area contributed by atoms with Crippen LogP contribution in [-0.4, -0.2) is 20.0 Å². The molecule has 0 amide bonds. The highest BCUT2D eigenvalue weighted by Crippen LogP contribution is 2.27. The Kier molecular flexibility index (Phi) is 4.94. The number of benzene rings is 2. The minimum Gasteiger partial charge on any atom is -0.493 e. The standard InChI is InChI=1S/C18H15NO3/c1-21-17-10-8-15(11-18(17)22-2)16(20)9-7-13-3-5-14(12-19)6-4-13/h3-11H,1-2H3/b9-7+. The van der Waals surface area contributed by atoms with Gasteiger partial charge in [-0.3, -0.25) is 4.79 Å². The molecule has 0 aromatic heterocycles. The molecule has 0 atom stereocenters. The number of carbonyl (C=O) groups is 1. The molecular weight excluding hydrogens is 278 g/mol. The van der Waals surface area contributed by atoms with E-state index in [1.54, 1.807) is 55.7 Å². The molecule has 0 N–H and O–H groups in total. The van der Waals surface area contributed by atoms with Crippen LogP contribution in [0.2, 0.25) is 0 Å². The van der Waals surface area contributed by atoms with Crippen LogP contribution >= 0.6 is 0 Å². The van der Waals surface area contributed by atoms with E-state index >= 15 is 0 Å². The largest absolute Gasteiger partial charge is 0.493 e. The van der Waals surface area contributed by atoms with Gasteiger partial charge in [-0.1, -0.05) is 18.2 Å². The van der Waals surface area contributed by atoms with Crippen molar-refractivity contribution in [3.8, 4) is 17.6 Å². The number of nitrogens with zero attached hydrogens (tertiary/aromatic N) is 1. The first-order chi connectivity index (χ1) is 10.7. The van der Waals surface area contributed by atoms with E-state index in [0.29, 0.717) is 22.6 Å². The van der Waals surface area contributed by atoms with Crippen molar-refractivity contribution in [2.75, 3.05) is 14.2 Å². The Morgan fingerprint density at radius 1 is 1.05 bits per heavy atom. The first-order valence-corrected chi connectivity index (χ1v) is 6.62. The summed E-state index contributed by atoms with van der Waals surface area (Å²) in [6, 6.07) is 14.1. The van der Waals surface area contributed by atoms with Crippen LogP contribution in [0.4, 0.5) is 0 Å². The molecule has 2 rings (SSSR count). The highest BCUT2D eigenvalue weighted by Gasteiger charge is 2.08. The van der Waals surface area contributed by atoms with Gasteiger partial charge in [0.2, 0.25) is 0 Å². The van der Waals surface area contributed by atoms with E-state index in [-0.39, 0.29) is 5.78 Å². The molecule has 0 heterocycles. The van der Waals surface area contributed by atoms with E-state index in [4.69, 9.17) is 14.7 Å². The Bertz CT molecular complexity index is 740. The lowest BCUT2D eigenvalue weighted by molar-refractivity contribution is 0.104. The molecule has 0 bridgehead atoms. The molecule has 0 spiro atoms. The van der Waals surface area contributed by atoms with Crippen LogP contribution in [0.5, 0.6) is 11.5 Å². The Labute approximate surface area is 129 Å². The van der Waals surface area contributed by atoms with Crippen molar-refractivity contribution < 1.29 is 14.3 Å². The molecule has 0 saturated heterocycles. The lowest BCUT2D eigenvalue weighted by Gasteiger charge is -2.07. The second-order valence-electron chi connectivity index (χ2n) is 4.50. The van der Waals surface area contributed by atoms with E-state index in [9.17, 15) is 4.79 Å². The summed E-state index contributed by atoms with van der Waals surface area (Å²) >= 11 is 0. The average molecular weight is 293 g/mol. The van der Waals surface area contributed by atoms with Crippen molar-refractivity contribution in [3.05, 3.63) is 65.2 Å². The highest BCUT2D eigenvalue weighted by molar-refractivity contribution is 6.07. The highest BCUT2D eigenvalue weighted by atomic mass is 16.5. The zero-order chi connectivity index (χ0) is 15.9. The van der Waals surface area contributed by atoms with Gasteiger partial charge in [0.15, 0.2) is 17.3 Å². The fraction of sp³-hybridized carbons (Fsp3) is 0.111. The average Bonchev–Trinajstić information content (AvgIpc) is 2.59. The van der Waals surface area contributed by atoms with Gasteiger partial charge in [0.1, 0.15) is 0 Å². The number of allylic oxidation sites excluding steroid dienone is 1. The van der Waals surface area contributed by atoms with Gasteiger partial charge in [-0.15, -0.1) is 0 Å². The Hall–Kier alpha value is -3.06. The van der Waals surface area contributed by atoms with Gasteiger partial charge in [0, 0.05) is 5.56 Å². The van der Waals surface area contributed by atoms with Crippen LogP contribution in [0, 0.1) is 11.3 Å². The van der Waals surface area contributed by atoms with Crippen LogP contribution in [0.25, 0.3) is 6.08 Å². The summed E-state index contributed by atoms with van der Waals surface area (Å²) < 4.78 is 10.3. The van der Waals surface area contributed by atoms with Gasteiger partial charge in [-0.2, -0.15) is 5.26 Å². The molecule has 0 unspecified atom stereocenters. The summed E-state index contributed by atoms with van der Waals surface area (Å²) in [6.45, 7) is 0. The van der Waals surface area contributed by atoms with Gasteiger partial charge >= 0.3 is 0 Å². The first kappa shape index (κ1) is 15.3. The second-order valence-corrected chi connectivity index (χ2v) is 4.50. The lowest BCUT2D eigenvalue weighted by Crippen LogP contribution is -1.97.